The van der Waals surface area contributed by atoms with Gasteiger partial charge in [-0.1, -0.05) is 13.8 Å². The van der Waals surface area contributed by atoms with Gasteiger partial charge in [0.25, 0.3) is 0 Å². The van der Waals surface area contributed by atoms with E-state index < -0.39 is 5.60 Å². The zero-order valence-electron chi connectivity index (χ0n) is 11.7. The lowest BCUT2D eigenvalue weighted by Gasteiger charge is -2.35. The van der Waals surface area contributed by atoms with Crippen LogP contribution in [0.25, 0.3) is 0 Å². The highest BCUT2D eigenvalue weighted by Gasteiger charge is 2.27. The molecule has 1 heterocycles. The number of hydrogen-bond donors (Lipinski definition) is 1. The van der Waals surface area contributed by atoms with Crippen LogP contribution in [0.5, 0.6) is 0 Å². The molecule has 17 heavy (non-hydrogen) atoms. The van der Waals surface area contributed by atoms with E-state index in [0.29, 0.717) is 12.1 Å². The Kier molecular flexibility index (Phi) is 4.80. The average Bonchev–Trinajstić information content (AvgIpc) is 2.14. The van der Waals surface area contributed by atoms with E-state index in [9.17, 15) is 4.79 Å². The third-order valence-corrected chi connectivity index (χ3v) is 2.64. The van der Waals surface area contributed by atoms with Crippen molar-refractivity contribution < 1.29 is 9.53 Å². The first kappa shape index (κ1) is 14.3. The molecule has 0 saturated carbocycles. The largest absolute Gasteiger partial charge is 0.444 e. The summed E-state index contributed by atoms with van der Waals surface area (Å²) in [6.45, 7) is 11.5. The van der Waals surface area contributed by atoms with Crippen LogP contribution in [-0.2, 0) is 4.74 Å². The van der Waals surface area contributed by atoms with Gasteiger partial charge in [0, 0.05) is 25.2 Å². The van der Waals surface area contributed by atoms with E-state index in [4.69, 9.17) is 4.74 Å². The molecule has 1 rings (SSSR count). The maximum absolute atomic E-state index is 11.9. The molecule has 1 amide bonds. The number of nitrogens with zero attached hydrogens (tertiary/aromatic N) is 1. The number of ether oxygens (including phenoxy) is 1. The maximum atomic E-state index is 11.9. The molecule has 0 aromatic carbocycles. The molecule has 0 aromatic rings. The minimum absolute atomic E-state index is 0.187. The minimum atomic E-state index is -0.407. The summed E-state index contributed by atoms with van der Waals surface area (Å²) < 4.78 is 5.39. The zero-order chi connectivity index (χ0) is 13.1. The van der Waals surface area contributed by atoms with E-state index in [-0.39, 0.29) is 6.09 Å². The van der Waals surface area contributed by atoms with Crippen molar-refractivity contribution in [2.24, 2.45) is 0 Å². The number of amides is 1. The Labute approximate surface area is 105 Å². The summed E-state index contributed by atoms with van der Waals surface area (Å²) in [5, 5.41) is 3.48. The molecule has 1 N–H and O–H groups in total. The Hall–Kier alpha value is -0.770. The van der Waals surface area contributed by atoms with Crippen LogP contribution in [0.2, 0.25) is 0 Å². The zero-order valence-corrected chi connectivity index (χ0v) is 11.7. The van der Waals surface area contributed by atoms with Crippen molar-refractivity contribution in [1.82, 2.24) is 10.2 Å². The smallest absolute Gasteiger partial charge is 0.410 e. The van der Waals surface area contributed by atoms with Gasteiger partial charge in [-0.15, -0.1) is 0 Å². The van der Waals surface area contributed by atoms with Gasteiger partial charge >= 0.3 is 6.09 Å². The fourth-order valence-electron chi connectivity index (χ4n) is 2.08. The van der Waals surface area contributed by atoms with Crippen LogP contribution in [0, 0.1) is 0 Å². The Morgan fingerprint density at radius 2 is 2.06 bits per heavy atom. The van der Waals surface area contributed by atoms with Gasteiger partial charge in [-0.25, -0.2) is 4.79 Å². The van der Waals surface area contributed by atoms with Crippen molar-refractivity contribution in [3.8, 4) is 0 Å². The predicted molar refractivity (Wildman–Crippen MR) is 69.1 cm³/mol. The van der Waals surface area contributed by atoms with E-state index in [1.807, 2.05) is 25.7 Å². The van der Waals surface area contributed by atoms with Gasteiger partial charge in [-0.2, -0.15) is 0 Å². The van der Waals surface area contributed by atoms with Gasteiger partial charge in [-0.05, 0) is 33.6 Å². The first-order valence-electron chi connectivity index (χ1n) is 6.52. The second kappa shape index (κ2) is 5.71. The summed E-state index contributed by atoms with van der Waals surface area (Å²) >= 11 is 0. The highest BCUT2D eigenvalue weighted by Crippen LogP contribution is 2.15. The fraction of sp³-hybridized carbons (Fsp3) is 0.923. The number of carbonyl (C=O) groups excluding carboxylic acids is 1. The van der Waals surface area contributed by atoms with Crippen LogP contribution >= 0.6 is 0 Å². The van der Waals surface area contributed by atoms with Crippen molar-refractivity contribution in [2.75, 3.05) is 13.1 Å². The molecule has 0 aliphatic carbocycles. The van der Waals surface area contributed by atoms with Gasteiger partial charge in [-0.3, -0.25) is 0 Å². The highest BCUT2D eigenvalue weighted by molar-refractivity contribution is 5.68. The molecule has 4 nitrogen and oxygen atoms in total. The number of nitrogens with one attached hydrogen (secondary N) is 1. The lowest BCUT2D eigenvalue weighted by molar-refractivity contribution is 0.0184. The predicted octanol–water partition coefficient (Wildman–Crippen LogP) is 2.38. The van der Waals surface area contributed by atoms with Gasteiger partial charge in [0.1, 0.15) is 5.60 Å². The van der Waals surface area contributed by atoms with E-state index in [2.05, 4.69) is 19.2 Å². The third kappa shape index (κ3) is 5.39. The van der Waals surface area contributed by atoms with Gasteiger partial charge in [0.05, 0.1) is 0 Å². The molecule has 0 radical (unpaired) electrons. The Morgan fingerprint density at radius 3 is 2.59 bits per heavy atom. The third-order valence-electron chi connectivity index (χ3n) is 2.64. The Balaban J connectivity index is 2.46. The first-order valence-corrected chi connectivity index (χ1v) is 6.52. The van der Waals surface area contributed by atoms with Crippen molar-refractivity contribution in [1.29, 1.82) is 0 Å². The van der Waals surface area contributed by atoms with Gasteiger partial charge < -0.3 is 15.0 Å². The lowest BCUT2D eigenvalue weighted by atomic mass is 10.1. The van der Waals surface area contributed by atoms with E-state index in [1.54, 1.807) is 0 Å². The van der Waals surface area contributed by atoms with E-state index >= 15 is 0 Å². The molecule has 1 saturated heterocycles. The number of likely N-dealkylation sites (tertiary alicyclic amines) is 1. The van der Waals surface area contributed by atoms with Crippen molar-refractivity contribution in [2.45, 2.75) is 65.1 Å². The fourth-order valence-corrected chi connectivity index (χ4v) is 2.08. The minimum Gasteiger partial charge on any atom is -0.444 e. The molecule has 0 spiro atoms. The molecule has 1 unspecified atom stereocenters. The standard InChI is InChI=1S/C13H26N2O2/c1-10(2)14-11-7-6-8-15(9-11)12(16)17-13(3,4)5/h10-11,14H,6-9H2,1-5H3. The van der Waals surface area contributed by atoms with Crippen molar-refractivity contribution in [3.63, 3.8) is 0 Å². The SMILES string of the molecule is CC(C)NC1CCCN(C(=O)OC(C)(C)C)C1. The van der Waals surface area contributed by atoms with Crippen LogP contribution in [0.4, 0.5) is 4.79 Å². The quantitative estimate of drug-likeness (QED) is 0.808. The summed E-state index contributed by atoms with van der Waals surface area (Å²) in [5.41, 5.74) is -0.407. The molecule has 4 heteroatoms. The lowest BCUT2D eigenvalue weighted by Crippen LogP contribution is -2.50. The summed E-state index contributed by atoms with van der Waals surface area (Å²) in [6, 6.07) is 0.856. The monoisotopic (exact) mass is 242 g/mol. The summed E-state index contributed by atoms with van der Waals surface area (Å²) in [7, 11) is 0. The molecule has 1 fully saturated rings. The maximum Gasteiger partial charge on any atom is 0.410 e. The molecule has 1 aliphatic heterocycles. The van der Waals surface area contributed by atoms with E-state index in [0.717, 1.165) is 25.9 Å². The molecule has 1 aliphatic rings. The van der Waals surface area contributed by atoms with Crippen LogP contribution in [0.1, 0.15) is 47.5 Å². The molecule has 0 aromatic heterocycles. The second-order valence-corrected chi connectivity index (χ2v) is 6.09. The second-order valence-electron chi connectivity index (χ2n) is 6.09. The molecular formula is C13H26N2O2. The Bertz CT molecular complexity index is 259. The van der Waals surface area contributed by atoms with Crippen LogP contribution in [0.3, 0.4) is 0 Å². The van der Waals surface area contributed by atoms with Crippen molar-refractivity contribution >= 4 is 6.09 Å². The van der Waals surface area contributed by atoms with Crippen LogP contribution in [-0.4, -0.2) is 41.8 Å². The van der Waals surface area contributed by atoms with Gasteiger partial charge in [0.15, 0.2) is 0 Å². The molecule has 100 valence electrons. The van der Waals surface area contributed by atoms with E-state index in [1.165, 1.54) is 0 Å². The van der Waals surface area contributed by atoms with Crippen LogP contribution < -0.4 is 5.32 Å². The summed E-state index contributed by atoms with van der Waals surface area (Å²) in [6.07, 6.45) is 1.99. The topological polar surface area (TPSA) is 41.6 Å². The summed E-state index contributed by atoms with van der Waals surface area (Å²) in [4.78, 5) is 13.7. The summed E-state index contributed by atoms with van der Waals surface area (Å²) in [5.74, 6) is 0. The van der Waals surface area contributed by atoms with Crippen LogP contribution in [0.15, 0.2) is 0 Å². The highest BCUT2D eigenvalue weighted by atomic mass is 16.6. The number of piperidine rings is 1. The molecular weight excluding hydrogens is 216 g/mol. The van der Waals surface area contributed by atoms with Gasteiger partial charge in [0.2, 0.25) is 0 Å². The Morgan fingerprint density at radius 1 is 1.41 bits per heavy atom. The first-order chi connectivity index (χ1) is 7.78. The number of carbonyl (C=O) groups is 1. The molecule has 1 atom stereocenters. The number of hydrogen-bond acceptors (Lipinski definition) is 3. The van der Waals surface area contributed by atoms with Crippen molar-refractivity contribution in [3.05, 3.63) is 0 Å². The average molecular weight is 242 g/mol. The normalized spacial score (nSPS) is 21.8. The number of rotatable bonds is 2. The molecule has 0 bridgehead atoms.